The molecule has 0 aliphatic heterocycles. The Morgan fingerprint density at radius 2 is 2.05 bits per heavy atom. The standard InChI is InChI=1S/C17H15BrN2O2/c1-11(2)19-15-8-3-4-9-20(15)17(21)14-10-12-6-5-7-13(18)16(12)22-14/h3-11H,1-2H3. The van der Waals surface area contributed by atoms with Gasteiger partial charge in [-0.05, 0) is 54.0 Å². The van der Waals surface area contributed by atoms with Crippen LogP contribution in [0.2, 0.25) is 0 Å². The zero-order valence-corrected chi connectivity index (χ0v) is 13.9. The fourth-order valence-electron chi connectivity index (χ4n) is 2.23. The van der Waals surface area contributed by atoms with Crippen LogP contribution in [0.15, 0.2) is 62.5 Å². The summed E-state index contributed by atoms with van der Waals surface area (Å²) in [7, 11) is 0. The van der Waals surface area contributed by atoms with Gasteiger partial charge in [0, 0.05) is 17.6 Å². The lowest BCUT2D eigenvalue weighted by molar-refractivity contribution is 0.0929. The van der Waals surface area contributed by atoms with Crippen molar-refractivity contribution in [2.24, 2.45) is 4.99 Å². The summed E-state index contributed by atoms with van der Waals surface area (Å²) in [5.41, 5.74) is 1.28. The highest BCUT2D eigenvalue weighted by Gasteiger charge is 2.15. The highest BCUT2D eigenvalue weighted by Crippen LogP contribution is 2.27. The Labute approximate surface area is 136 Å². The van der Waals surface area contributed by atoms with Gasteiger partial charge in [0.1, 0.15) is 11.1 Å². The van der Waals surface area contributed by atoms with Crippen LogP contribution in [-0.2, 0) is 0 Å². The van der Waals surface area contributed by atoms with Crippen LogP contribution in [0.25, 0.3) is 11.0 Å². The lowest BCUT2D eigenvalue weighted by atomic mass is 10.2. The number of carbonyl (C=O) groups is 1. The normalized spacial score (nSPS) is 12.3. The minimum absolute atomic E-state index is 0.103. The minimum Gasteiger partial charge on any atom is -0.450 e. The third kappa shape index (κ3) is 2.76. The molecule has 112 valence electrons. The molecule has 0 aliphatic rings. The van der Waals surface area contributed by atoms with Crippen molar-refractivity contribution in [2.75, 3.05) is 0 Å². The van der Waals surface area contributed by atoms with E-state index in [4.69, 9.17) is 4.42 Å². The lowest BCUT2D eigenvalue weighted by Crippen LogP contribution is -2.27. The molecule has 1 aromatic carbocycles. The number of pyridine rings is 1. The molecule has 2 heterocycles. The molecule has 0 bridgehead atoms. The van der Waals surface area contributed by atoms with Gasteiger partial charge in [-0.15, -0.1) is 0 Å². The summed E-state index contributed by atoms with van der Waals surface area (Å²) in [5, 5.41) is 0.886. The predicted octanol–water partition coefficient (Wildman–Crippen LogP) is 3.99. The van der Waals surface area contributed by atoms with E-state index in [0.717, 1.165) is 9.86 Å². The second-order valence-corrected chi connectivity index (χ2v) is 6.08. The summed E-state index contributed by atoms with van der Waals surface area (Å²) < 4.78 is 8.05. The Balaban J connectivity index is 2.13. The Bertz CT molecular complexity index is 906. The first-order chi connectivity index (χ1) is 10.6. The molecule has 0 amide bonds. The number of benzene rings is 1. The third-order valence-electron chi connectivity index (χ3n) is 3.15. The van der Waals surface area contributed by atoms with Gasteiger partial charge in [0.05, 0.1) is 4.47 Å². The van der Waals surface area contributed by atoms with E-state index in [0.29, 0.717) is 16.8 Å². The zero-order chi connectivity index (χ0) is 15.7. The quantitative estimate of drug-likeness (QED) is 0.695. The molecule has 0 aliphatic carbocycles. The molecule has 0 unspecified atom stereocenters. The first-order valence-corrected chi connectivity index (χ1v) is 7.80. The van der Waals surface area contributed by atoms with Crippen LogP contribution in [0.3, 0.4) is 0 Å². The molecule has 0 saturated carbocycles. The number of carbonyl (C=O) groups excluding carboxylic acids is 1. The van der Waals surface area contributed by atoms with Gasteiger partial charge in [-0.1, -0.05) is 18.2 Å². The Morgan fingerprint density at radius 1 is 1.23 bits per heavy atom. The topological polar surface area (TPSA) is 47.5 Å². The second-order valence-electron chi connectivity index (χ2n) is 5.23. The molecule has 3 aromatic rings. The van der Waals surface area contributed by atoms with Gasteiger partial charge in [-0.25, -0.2) is 0 Å². The van der Waals surface area contributed by atoms with Crippen LogP contribution in [0.5, 0.6) is 0 Å². The Morgan fingerprint density at radius 3 is 2.77 bits per heavy atom. The van der Waals surface area contributed by atoms with Gasteiger partial charge < -0.3 is 4.42 Å². The van der Waals surface area contributed by atoms with Crippen LogP contribution in [0.4, 0.5) is 0 Å². The zero-order valence-electron chi connectivity index (χ0n) is 12.3. The molecule has 0 atom stereocenters. The number of rotatable bonds is 2. The van der Waals surface area contributed by atoms with Gasteiger partial charge in [0.15, 0.2) is 5.76 Å². The van der Waals surface area contributed by atoms with E-state index in [9.17, 15) is 4.79 Å². The minimum atomic E-state index is -0.233. The van der Waals surface area contributed by atoms with E-state index >= 15 is 0 Å². The molecule has 3 rings (SSSR count). The van der Waals surface area contributed by atoms with Crippen molar-refractivity contribution in [3.05, 3.63) is 64.4 Å². The first kappa shape index (κ1) is 14.8. The highest BCUT2D eigenvalue weighted by molar-refractivity contribution is 9.10. The van der Waals surface area contributed by atoms with E-state index in [2.05, 4.69) is 20.9 Å². The summed E-state index contributed by atoms with van der Waals surface area (Å²) in [5.74, 6) is 0.0569. The van der Waals surface area contributed by atoms with Crippen molar-refractivity contribution in [2.45, 2.75) is 19.9 Å². The predicted molar refractivity (Wildman–Crippen MR) is 88.8 cm³/mol. The molecule has 22 heavy (non-hydrogen) atoms. The van der Waals surface area contributed by atoms with Crippen LogP contribution in [0.1, 0.15) is 24.4 Å². The van der Waals surface area contributed by atoms with Crippen molar-refractivity contribution >= 4 is 32.8 Å². The molecule has 0 fully saturated rings. The van der Waals surface area contributed by atoms with E-state index in [1.807, 2.05) is 44.2 Å². The largest absolute Gasteiger partial charge is 0.450 e. The number of furan rings is 1. The van der Waals surface area contributed by atoms with Crippen molar-refractivity contribution in [3.8, 4) is 0 Å². The average molecular weight is 359 g/mol. The van der Waals surface area contributed by atoms with Crippen LogP contribution in [0, 0.1) is 0 Å². The number of para-hydroxylation sites is 1. The molecule has 0 N–H and O–H groups in total. The average Bonchev–Trinajstić information content (AvgIpc) is 2.92. The molecule has 0 radical (unpaired) electrons. The van der Waals surface area contributed by atoms with E-state index in [-0.39, 0.29) is 11.9 Å². The molecule has 2 aromatic heterocycles. The van der Waals surface area contributed by atoms with Gasteiger partial charge in [0.2, 0.25) is 0 Å². The maximum atomic E-state index is 12.7. The summed E-state index contributed by atoms with van der Waals surface area (Å²) in [4.78, 5) is 17.2. The number of hydrogen-bond acceptors (Lipinski definition) is 3. The monoisotopic (exact) mass is 358 g/mol. The number of nitrogens with zero attached hydrogens (tertiary/aromatic N) is 2. The highest BCUT2D eigenvalue weighted by atomic mass is 79.9. The fraction of sp³-hybridized carbons (Fsp3) is 0.176. The third-order valence-corrected chi connectivity index (χ3v) is 3.78. The van der Waals surface area contributed by atoms with Crippen molar-refractivity contribution < 1.29 is 9.21 Å². The van der Waals surface area contributed by atoms with Gasteiger partial charge in [-0.3, -0.25) is 14.4 Å². The van der Waals surface area contributed by atoms with Crippen LogP contribution in [-0.4, -0.2) is 16.5 Å². The van der Waals surface area contributed by atoms with Crippen molar-refractivity contribution in [1.29, 1.82) is 0 Å². The molecular weight excluding hydrogens is 344 g/mol. The van der Waals surface area contributed by atoms with Crippen molar-refractivity contribution in [1.82, 2.24) is 4.57 Å². The molecule has 0 spiro atoms. The summed E-state index contributed by atoms with van der Waals surface area (Å²) >= 11 is 3.43. The molecular formula is C17H15BrN2O2. The lowest BCUT2D eigenvalue weighted by Gasteiger charge is -2.04. The number of fused-ring (bicyclic) bond motifs is 1. The number of aromatic nitrogens is 1. The molecule has 4 nitrogen and oxygen atoms in total. The van der Waals surface area contributed by atoms with Crippen molar-refractivity contribution in [3.63, 3.8) is 0 Å². The Hall–Kier alpha value is -2.14. The van der Waals surface area contributed by atoms with E-state index < -0.39 is 0 Å². The SMILES string of the molecule is CC(C)N=c1ccccn1C(=O)c1cc2cccc(Br)c2o1. The molecule has 5 heteroatoms. The maximum Gasteiger partial charge on any atom is 0.299 e. The van der Waals surface area contributed by atoms with Gasteiger partial charge in [-0.2, -0.15) is 0 Å². The summed E-state index contributed by atoms with van der Waals surface area (Å²) in [6.45, 7) is 3.94. The molecule has 0 saturated heterocycles. The van der Waals surface area contributed by atoms with E-state index in [1.54, 1.807) is 18.3 Å². The second kappa shape index (κ2) is 5.93. The van der Waals surface area contributed by atoms with Crippen LogP contribution >= 0.6 is 15.9 Å². The Kier molecular flexibility index (Phi) is 3.98. The smallest absolute Gasteiger partial charge is 0.299 e. The fourth-order valence-corrected chi connectivity index (χ4v) is 2.69. The summed E-state index contributed by atoms with van der Waals surface area (Å²) in [6, 6.07) is 13.0. The van der Waals surface area contributed by atoms with Gasteiger partial charge >= 0.3 is 0 Å². The van der Waals surface area contributed by atoms with Crippen LogP contribution < -0.4 is 5.49 Å². The first-order valence-electron chi connectivity index (χ1n) is 7.00. The van der Waals surface area contributed by atoms with Gasteiger partial charge in [0.25, 0.3) is 5.91 Å². The van der Waals surface area contributed by atoms with E-state index in [1.165, 1.54) is 4.57 Å². The number of hydrogen-bond donors (Lipinski definition) is 0. The number of halogens is 1. The maximum absolute atomic E-state index is 12.7. The summed E-state index contributed by atoms with van der Waals surface area (Å²) in [6.07, 6.45) is 1.70.